The van der Waals surface area contributed by atoms with Crippen LogP contribution in [0, 0.1) is 0 Å². The van der Waals surface area contributed by atoms with E-state index in [1.54, 1.807) is 0 Å². The summed E-state index contributed by atoms with van der Waals surface area (Å²) in [5, 5.41) is 15.2. The fourth-order valence-electron chi connectivity index (χ4n) is 1.99. The second kappa shape index (κ2) is 6.75. The van der Waals surface area contributed by atoms with Crippen LogP contribution in [0.15, 0.2) is 18.5 Å². The minimum atomic E-state index is -4.46. The molecule has 0 bridgehead atoms. The van der Waals surface area contributed by atoms with E-state index in [2.05, 4.69) is 15.4 Å². The van der Waals surface area contributed by atoms with E-state index >= 15 is 0 Å². The van der Waals surface area contributed by atoms with Crippen molar-refractivity contribution >= 4 is 11.3 Å². The molecule has 2 aromatic rings. The lowest BCUT2D eigenvalue weighted by Crippen LogP contribution is -2.06. The van der Waals surface area contributed by atoms with Gasteiger partial charge in [0, 0.05) is 31.6 Å². The summed E-state index contributed by atoms with van der Waals surface area (Å²) in [6, 6.07) is 0.987. The van der Waals surface area contributed by atoms with Crippen molar-refractivity contribution in [1.82, 2.24) is 14.6 Å². The Morgan fingerprint density at radius 3 is 2.67 bits per heavy atom. The summed E-state index contributed by atoms with van der Waals surface area (Å²) in [5.41, 5.74) is -0.623. The molecule has 21 heavy (non-hydrogen) atoms. The number of hydrogen-bond acceptors (Lipinski definition) is 4. The van der Waals surface area contributed by atoms with Crippen molar-refractivity contribution in [2.45, 2.75) is 31.9 Å². The van der Waals surface area contributed by atoms with Crippen LogP contribution in [-0.2, 0) is 6.18 Å². The molecular weight excluding hydrogens is 285 g/mol. The van der Waals surface area contributed by atoms with Crippen LogP contribution < -0.4 is 5.32 Å². The Hall–Kier alpha value is -1.83. The maximum Gasteiger partial charge on any atom is 0.435 e. The third-order valence-electron chi connectivity index (χ3n) is 3.06. The predicted molar refractivity (Wildman–Crippen MR) is 72.0 cm³/mol. The molecule has 0 saturated carbocycles. The lowest BCUT2D eigenvalue weighted by atomic mass is 10.2. The highest BCUT2D eigenvalue weighted by molar-refractivity contribution is 5.67. The first kappa shape index (κ1) is 15.6. The number of hydrogen-bond donors (Lipinski definition) is 2. The minimum Gasteiger partial charge on any atom is -0.396 e. The van der Waals surface area contributed by atoms with E-state index in [9.17, 15) is 13.2 Å². The number of rotatable bonds is 7. The van der Waals surface area contributed by atoms with Crippen molar-refractivity contribution < 1.29 is 18.3 Å². The molecule has 0 aliphatic carbocycles. The SMILES string of the molecule is OCCCCCCNc1nccn2nc(C(F)(F)F)cc12. The number of unbranched alkanes of at least 4 members (excludes halogenated alkanes) is 3. The largest absolute Gasteiger partial charge is 0.435 e. The van der Waals surface area contributed by atoms with E-state index in [0.29, 0.717) is 17.9 Å². The molecule has 8 heteroatoms. The van der Waals surface area contributed by atoms with Gasteiger partial charge in [0.1, 0.15) is 5.52 Å². The minimum absolute atomic E-state index is 0.185. The van der Waals surface area contributed by atoms with Gasteiger partial charge in [-0.1, -0.05) is 12.8 Å². The van der Waals surface area contributed by atoms with Crippen LogP contribution in [0.25, 0.3) is 5.52 Å². The topological polar surface area (TPSA) is 62.5 Å². The highest BCUT2D eigenvalue weighted by atomic mass is 19.4. The van der Waals surface area contributed by atoms with Crippen LogP contribution in [0.1, 0.15) is 31.4 Å². The number of fused-ring (bicyclic) bond motifs is 1. The fraction of sp³-hybridized carbons (Fsp3) is 0.538. The van der Waals surface area contributed by atoms with Gasteiger partial charge in [-0.15, -0.1) is 0 Å². The van der Waals surface area contributed by atoms with Crippen LogP contribution in [-0.4, -0.2) is 32.9 Å². The monoisotopic (exact) mass is 302 g/mol. The molecule has 0 unspecified atom stereocenters. The zero-order valence-electron chi connectivity index (χ0n) is 11.4. The molecule has 0 saturated heterocycles. The molecule has 0 fully saturated rings. The van der Waals surface area contributed by atoms with E-state index in [-0.39, 0.29) is 6.61 Å². The third kappa shape index (κ3) is 4.07. The number of aliphatic hydroxyl groups excluding tert-OH is 1. The quantitative estimate of drug-likeness (QED) is 0.772. The standard InChI is InChI=1S/C13H17F3N4O/c14-13(15,16)11-9-10-12(18-6-7-20(10)19-11)17-5-3-1-2-4-8-21/h6-7,9,21H,1-5,8H2,(H,17,18). The molecule has 0 radical (unpaired) electrons. The van der Waals surface area contributed by atoms with Gasteiger partial charge in [0.2, 0.25) is 0 Å². The number of aromatic nitrogens is 3. The summed E-state index contributed by atoms with van der Waals surface area (Å²) in [6.45, 7) is 0.801. The zero-order valence-corrected chi connectivity index (χ0v) is 11.4. The van der Waals surface area contributed by atoms with Crippen LogP contribution in [0.5, 0.6) is 0 Å². The zero-order chi connectivity index (χ0) is 15.3. The molecule has 2 N–H and O–H groups in total. The second-order valence-corrected chi connectivity index (χ2v) is 4.70. The first-order chi connectivity index (χ1) is 10.0. The van der Waals surface area contributed by atoms with E-state index in [0.717, 1.165) is 31.7 Å². The molecule has 0 aliphatic rings. The summed E-state index contributed by atoms with van der Waals surface area (Å²) >= 11 is 0. The Morgan fingerprint density at radius 1 is 1.19 bits per heavy atom. The van der Waals surface area contributed by atoms with Crippen molar-refractivity contribution in [3.05, 3.63) is 24.2 Å². The van der Waals surface area contributed by atoms with E-state index in [4.69, 9.17) is 5.11 Å². The van der Waals surface area contributed by atoms with E-state index in [1.807, 2.05) is 0 Å². The fourth-order valence-corrected chi connectivity index (χ4v) is 1.99. The molecule has 0 aliphatic heterocycles. The maximum atomic E-state index is 12.6. The Morgan fingerprint density at radius 2 is 1.95 bits per heavy atom. The normalized spacial score (nSPS) is 12.0. The predicted octanol–water partition coefficient (Wildman–Crippen LogP) is 2.71. The molecular formula is C13H17F3N4O. The highest BCUT2D eigenvalue weighted by Gasteiger charge is 2.34. The summed E-state index contributed by atoms with van der Waals surface area (Å²) in [5.74, 6) is 0.391. The summed E-state index contributed by atoms with van der Waals surface area (Å²) in [6.07, 6.45) is 1.84. The molecule has 2 aromatic heterocycles. The molecule has 5 nitrogen and oxygen atoms in total. The van der Waals surface area contributed by atoms with Crippen molar-refractivity contribution in [2.24, 2.45) is 0 Å². The smallest absolute Gasteiger partial charge is 0.396 e. The van der Waals surface area contributed by atoms with Crippen molar-refractivity contribution in [3.63, 3.8) is 0 Å². The molecule has 0 spiro atoms. The lowest BCUT2D eigenvalue weighted by molar-refractivity contribution is -0.141. The number of anilines is 1. The molecule has 0 aromatic carbocycles. The number of alkyl halides is 3. The lowest BCUT2D eigenvalue weighted by Gasteiger charge is -2.06. The summed E-state index contributed by atoms with van der Waals surface area (Å²) < 4.78 is 39.1. The molecule has 116 valence electrons. The van der Waals surface area contributed by atoms with Gasteiger partial charge in [0.15, 0.2) is 11.5 Å². The summed E-state index contributed by atoms with van der Waals surface area (Å²) in [4.78, 5) is 4.06. The number of nitrogens with zero attached hydrogens (tertiary/aromatic N) is 3. The Balaban J connectivity index is 2.01. The van der Waals surface area contributed by atoms with Gasteiger partial charge in [0.25, 0.3) is 0 Å². The van der Waals surface area contributed by atoms with Crippen LogP contribution in [0.3, 0.4) is 0 Å². The number of halogens is 3. The number of aliphatic hydroxyl groups is 1. The third-order valence-corrected chi connectivity index (χ3v) is 3.06. The van der Waals surface area contributed by atoms with Crippen molar-refractivity contribution in [3.8, 4) is 0 Å². The maximum absolute atomic E-state index is 12.6. The number of nitrogens with one attached hydrogen (secondary N) is 1. The van der Waals surface area contributed by atoms with Gasteiger partial charge in [-0.25, -0.2) is 9.50 Å². The van der Waals surface area contributed by atoms with E-state index < -0.39 is 11.9 Å². The average molecular weight is 302 g/mol. The van der Waals surface area contributed by atoms with Gasteiger partial charge < -0.3 is 10.4 Å². The van der Waals surface area contributed by atoms with Gasteiger partial charge in [-0.05, 0) is 12.8 Å². The first-order valence-electron chi connectivity index (χ1n) is 6.78. The van der Waals surface area contributed by atoms with Crippen LogP contribution >= 0.6 is 0 Å². The van der Waals surface area contributed by atoms with Crippen molar-refractivity contribution in [1.29, 1.82) is 0 Å². The van der Waals surface area contributed by atoms with Gasteiger partial charge in [-0.2, -0.15) is 18.3 Å². The molecule has 0 amide bonds. The van der Waals surface area contributed by atoms with Gasteiger partial charge in [0.05, 0.1) is 0 Å². The Kier molecular flexibility index (Phi) is 5.00. The van der Waals surface area contributed by atoms with Crippen LogP contribution in [0.4, 0.5) is 19.0 Å². The average Bonchev–Trinajstić information content (AvgIpc) is 2.87. The Bertz CT molecular complexity index is 582. The van der Waals surface area contributed by atoms with Crippen LogP contribution in [0.2, 0.25) is 0 Å². The Labute approximate surface area is 119 Å². The second-order valence-electron chi connectivity index (χ2n) is 4.70. The van der Waals surface area contributed by atoms with Gasteiger partial charge >= 0.3 is 6.18 Å². The molecule has 0 atom stereocenters. The highest BCUT2D eigenvalue weighted by Crippen LogP contribution is 2.29. The molecule has 2 rings (SSSR count). The van der Waals surface area contributed by atoms with Gasteiger partial charge in [-0.3, -0.25) is 0 Å². The molecule has 2 heterocycles. The first-order valence-corrected chi connectivity index (χ1v) is 6.78. The summed E-state index contributed by atoms with van der Waals surface area (Å²) in [7, 11) is 0. The van der Waals surface area contributed by atoms with Crippen molar-refractivity contribution in [2.75, 3.05) is 18.5 Å². The van der Waals surface area contributed by atoms with E-state index in [1.165, 1.54) is 16.9 Å².